The Morgan fingerprint density at radius 1 is 1.35 bits per heavy atom. The number of thiazole rings is 1. The number of aromatic nitrogens is 2. The number of alkyl halides is 2. The van der Waals surface area contributed by atoms with E-state index in [1.165, 1.54) is 17.4 Å². The quantitative estimate of drug-likeness (QED) is 0.457. The number of nitrogens with zero attached hydrogens (tertiary/aromatic N) is 2. The van der Waals surface area contributed by atoms with Gasteiger partial charge in [0, 0.05) is 22.6 Å². The molecule has 0 bridgehead atoms. The van der Waals surface area contributed by atoms with Crippen LogP contribution >= 0.6 is 11.3 Å². The molecule has 3 aromatic rings. The summed E-state index contributed by atoms with van der Waals surface area (Å²) in [6.07, 6.45) is 3.62. The molecule has 0 amide bonds. The molecule has 31 heavy (non-hydrogen) atoms. The minimum atomic E-state index is -3.73. The third-order valence-electron chi connectivity index (χ3n) is 5.59. The largest absolute Gasteiger partial charge is 0.436 e. The normalized spacial score (nSPS) is 19.7. The summed E-state index contributed by atoms with van der Waals surface area (Å²) in [6.45, 7) is 0.661. The number of oxazole rings is 1. The number of hydrogen-bond donors (Lipinski definition) is 2. The van der Waals surface area contributed by atoms with Crippen molar-refractivity contribution in [2.45, 2.75) is 38.7 Å². The highest BCUT2D eigenvalue weighted by Crippen LogP contribution is 2.37. The second-order valence-electron chi connectivity index (χ2n) is 7.59. The van der Waals surface area contributed by atoms with Gasteiger partial charge in [0.25, 0.3) is 0 Å². The summed E-state index contributed by atoms with van der Waals surface area (Å²) >= 11 is 1.41. The van der Waals surface area contributed by atoms with E-state index in [0.29, 0.717) is 23.6 Å². The van der Waals surface area contributed by atoms with Gasteiger partial charge in [-0.05, 0) is 49.8 Å². The number of hydrogen-bond acceptors (Lipinski definition) is 7. The van der Waals surface area contributed by atoms with Gasteiger partial charge in [0.05, 0.1) is 11.2 Å². The molecule has 0 radical (unpaired) electrons. The average Bonchev–Trinajstić information content (AvgIpc) is 3.49. The number of nitrogens with one attached hydrogen (secondary N) is 1. The van der Waals surface area contributed by atoms with E-state index in [1.807, 2.05) is 11.5 Å². The van der Waals surface area contributed by atoms with Crippen molar-refractivity contribution in [1.82, 2.24) is 9.97 Å². The predicted molar refractivity (Wildman–Crippen MR) is 116 cm³/mol. The summed E-state index contributed by atoms with van der Waals surface area (Å²) < 4.78 is 37.9. The Bertz CT molecular complexity index is 1100. The first-order valence-electron chi connectivity index (χ1n) is 10.2. The zero-order valence-corrected chi connectivity index (χ0v) is 17.8. The lowest BCUT2D eigenvalue weighted by Gasteiger charge is -2.15. The van der Waals surface area contributed by atoms with Crippen LogP contribution in [0.3, 0.4) is 0 Å². The van der Waals surface area contributed by atoms with Gasteiger partial charge < -0.3 is 19.7 Å². The number of aliphatic hydroxyl groups excluding tert-OH is 1. The molecule has 6 nitrogen and oxygen atoms in total. The van der Waals surface area contributed by atoms with E-state index in [1.54, 1.807) is 17.7 Å². The lowest BCUT2D eigenvalue weighted by atomic mass is 9.97. The zero-order chi connectivity index (χ0) is 22.0. The van der Waals surface area contributed by atoms with E-state index >= 15 is 0 Å². The van der Waals surface area contributed by atoms with Crippen molar-refractivity contribution in [2.75, 3.05) is 6.61 Å². The van der Waals surface area contributed by atoms with Gasteiger partial charge in [-0.25, -0.2) is 9.97 Å². The van der Waals surface area contributed by atoms with E-state index < -0.39 is 12.7 Å². The van der Waals surface area contributed by atoms with Crippen LogP contribution in [0.4, 0.5) is 8.78 Å². The molecule has 0 saturated heterocycles. The first-order valence-corrected chi connectivity index (χ1v) is 11.1. The van der Waals surface area contributed by atoms with Gasteiger partial charge in [0.15, 0.2) is 16.8 Å². The highest BCUT2D eigenvalue weighted by molar-refractivity contribution is 7.07. The molecule has 4 rings (SSSR count). The third kappa shape index (κ3) is 4.52. The smallest absolute Gasteiger partial charge is 0.421 e. The molecule has 1 aromatic carbocycles. The number of benzene rings is 1. The van der Waals surface area contributed by atoms with Crippen LogP contribution < -0.4 is 4.74 Å². The van der Waals surface area contributed by atoms with Crippen molar-refractivity contribution in [3.8, 4) is 17.0 Å². The SMILES string of the molecule is CCC1CCC(C/C=C/c2nc3c(OC(F)(F)CO)ccc(-c4cscn4)c3o2)C1=N. The summed E-state index contributed by atoms with van der Waals surface area (Å²) in [5.74, 6) is 0.667. The average molecular weight is 448 g/mol. The lowest BCUT2D eigenvalue weighted by molar-refractivity contribution is -0.200. The fourth-order valence-electron chi connectivity index (χ4n) is 3.94. The molecule has 9 heteroatoms. The van der Waals surface area contributed by atoms with Gasteiger partial charge in [-0.1, -0.05) is 13.0 Å². The Hall–Kier alpha value is -2.65. The zero-order valence-electron chi connectivity index (χ0n) is 17.0. The summed E-state index contributed by atoms with van der Waals surface area (Å²) in [4.78, 5) is 8.61. The Balaban J connectivity index is 1.64. The van der Waals surface area contributed by atoms with Crippen molar-refractivity contribution < 1.29 is 23.0 Å². The first-order chi connectivity index (χ1) is 14.9. The molecule has 0 spiro atoms. The first kappa shape index (κ1) is 21.6. The van der Waals surface area contributed by atoms with Gasteiger partial charge in [-0.15, -0.1) is 11.3 Å². The molecule has 0 aliphatic heterocycles. The van der Waals surface area contributed by atoms with Crippen LogP contribution in [-0.4, -0.2) is 33.5 Å². The number of aliphatic hydroxyl groups is 1. The third-order valence-corrected chi connectivity index (χ3v) is 6.18. The molecule has 1 fully saturated rings. The van der Waals surface area contributed by atoms with Crippen LogP contribution in [0.15, 0.2) is 33.5 Å². The Labute approximate surface area is 182 Å². The van der Waals surface area contributed by atoms with Crippen molar-refractivity contribution in [1.29, 1.82) is 5.41 Å². The van der Waals surface area contributed by atoms with E-state index in [2.05, 4.69) is 16.9 Å². The molecule has 2 unspecified atom stereocenters. The Morgan fingerprint density at radius 2 is 2.16 bits per heavy atom. The highest BCUT2D eigenvalue weighted by atomic mass is 32.1. The topological polar surface area (TPSA) is 92.2 Å². The molecular formula is C22H23F2N3O3S. The standard InChI is InChI=1S/C22H23F2N3O3S/c1-2-13-6-7-14(19(13)25)4-3-5-18-27-20-17(30-22(23,24)11-28)9-8-15(21(20)29-18)16-10-31-12-26-16/h3,5,8-10,12-14,25,28H,2,4,6-7,11H2,1H3/b5-3+,25-19?. The van der Waals surface area contributed by atoms with Crippen molar-refractivity contribution in [2.24, 2.45) is 11.8 Å². The molecule has 2 aromatic heterocycles. The van der Waals surface area contributed by atoms with E-state index in [-0.39, 0.29) is 28.7 Å². The maximum atomic E-state index is 13.6. The molecule has 1 saturated carbocycles. The number of ether oxygens (including phenoxy) is 1. The maximum Gasteiger partial charge on any atom is 0.421 e. The molecule has 2 atom stereocenters. The molecular weight excluding hydrogens is 424 g/mol. The van der Waals surface area contributed by atoms with Crippen molar-refractivity contribution in [3.05, 3.63) is 35.0 Å². The second kappa shape index (κ2) is 8.84. The van der Waals surface area contributed by atoms with Crippen LogP contribution in [0, 0.1) is 17.2 Å². The van der Waals surface area contributed by atoms with Gasteiger partial charge in [-0.3, -0.25) is 0 Å². The Morgan fingerprint density at radius 3 is 2.84 bits per heavy atom. The predicted octanol–water partition coefficient (Wildman–Crippen LogP) is 5.77. The van der Waals surface area contributed by atoms with Crippen molar-refractivity contribution in [3.63, 3.8) is 0 Å². The van der Waals surface area contributed by atoms with E-state index in [9.17, 15) is 8.78 Å². The minimum Gasteiger partial charge on any atom is -0.436 e. The summed E-state index contributed by atoms with van der Waals surface area (Å²) in [7, 11) is 0. The van der Waals surface area contributed by atoms with Crippen LogP contribution in [0.5, 0.6) is 5.75 Å². The van der Waals surface area contributed by atoms with Gasteiger partial charge in [0.1, 0.15) is 6.61 Å². The highest BCUT2D eigenvalue weighted by Gasteiger charge is 2.32. The van der Waals surface area contributed by atoms with Crippen LogP contribution in [-0.2, 0) is 0 Å². The molecule has 2 heterocycles. The number of fused-ring (bicyclic) bond motifs is 1. The maximum absolute atomic E-state index is 13.6. The summed E-state index contributed by atoms with van der Waals surface area (Å²) in [5, 5.41) is 19.0. The molecule has 2 N–H and O–H groups in total. The van der Waals surface area contributed by atoms with Gasteiger partial charge in [0.2, 0.25) is 5.89 Å². The fraction of sp³-hybridized carbons (Fsp3) is 0.409. The lowest BCUT2D eigenvalue weighted by Crippen LogP contribution is -2.29. The van der Waals surface area contributed by atoms with E-state index in [4.69, 9.17) is 19.7 Å². The van der Waals surface area contributed by atoms with Crippen LogP contribution in [0.25, 0.3) is 28.4 Å². The molecule has 1 aliphatic carbocycles. The number of rotatable bonds is 8. The number of allylic oxidation sites excluding steroid dienone is 1. The fourth-order valence-corrected chi connectivity index (χ4v) is 4.49. The molecule has 1 aliphatic rings. The van der Waals surface area contributed by atoms with E-state index in [0.717, 1.165) is 25.0 Å². The van der Waals surface area contributed by atoms with Gasteiger partial charge >= 0.3 is 6.11 Å². The second-order valence-corrected chi connectivity index (χ2v) is 8.30. The van der Waals surface area contributed by atoms with Crippen LogP contribution in [0.2, 0.25) is 0 Å². The van der Waals surface area contributed by atoms with Crippen LogP contribution in [0.1, 0.15) is 38.5 Å². The van der Waals surface area contributed by atoms with Gasteiger partial charge in [-0.2, -0.15) is 8.78 Å². The van der Waals surface area contributed by atoms with Crippen molar-refractivity contribution >= 4 is 34.2 Å². The monoisotopic (exact) mass is 447 g/mol. The molecule has 164 valence electrons. The summed E-state index contributed by atoms with van der Waals surface area (Å²) in [5.41, 5.74) is 4.16. The Kier molecular flexibility index (Phi) is 6.15. The minimum absolute atomic E-state index is 0.137. The summed E-state index contributed by atoms with van der Waals surface area (Å²) in [6, 6.07) is 2.96. The number of halogens is 2.